The first kappa shape index (κ1) is 15.0. The summed E-state index contributed by atoms with van der Waals surface area (Å²) in [6, 6.07) is 6.97. The van der Waals surface area contributed by atoms with Crippen LogP contribution in [0.4, 0.5) is 0 Å². The minimum Gasteiger partial charge on any atom is -0.299 e. The van der Waals surface area contributed by atoms with E-state index in [9.17, 15) is 8.42 Å². The summed E-state index contributed by atoms with van der Waals surface area (Å²) in [5.74, 6) is 0. The molecule has 0 saturated carbocycles. The van der Waals surface area contributed by atoms with Crippen LogP contribution < -0.4 is 0 Å². The summed E-state index contributed by atoms with van der Waals surface area (Å²) < 4.78 is 27.6. The third-order valence-corrected chi connectivity index (χ3v) is 6.59. The Morgan fingerprint density at radius 1 is 1.21 bits per heavy atom. The number of sulfonamides is 1. The smallest absolute Gasteiger partial charge is 0.244 e. The van der Waals surface area contributed by atoms with E-state index in [-0.39, 0.29) is 5.54 Å². The summed E-state index contributed by atoms with van der Waals surface area (Å²) in [4.78, 5) is 2.54. The third-order valence-electron chi connectivity index (χ3n) is 3.74. The summed E-state index contributed by atoms with van der Waals surface area (Å²) in [5, 5.41) is 0. The minimum atomic E-state index is -3.43. The van der Waals surface area contributed by atoms with Crippen LogP contribution in [0, 0.1) is 0 Å². The van der Waals surface area contributed by atoms with Crippen molar-refractivity contribution >= 4 is 26.0 Å². The number of rotatable bonds is 2. The van der Waals surface area contributed by atoms with Gasteiger partial charge in [0, 0.05) is 29.6 Å². The first-order chi connectivity index (χ1) is 8.75. The Kier molecular flexibility index (Phi) is 4.07. The van der Waals surface area contributed by atoms with Crippen LogP contribution in [0.5, 0.6) is 0 Å². The van der Waals surface area contributed by atoms with E-state index in [1.165, 1.54) is 0 Å². The van der Waals surface area contributed by atoms with Gasteiger partial charge in [-0.25, -0.2) is 8.42 Å². The van der Waals surface area contributed by atoms with Gasteiger partial charge in [0.05, 0.1) is 4.90 Å². The molecule has 0 radical (unpaired) electrons. The van der Waals surface area contributed by atoms with Crippen molar-refractivity contribution in [2.24, 2.45) is 0 Å². The lowest BCUT2D eigenvalue weighted by atomic mass is 10.0. The second-order valence-electron chi connectivity index (χ2n) is 5.50. The number of hydrogen-bond acceptors (Lipinski definition) is 3. The molecular weight excluding hydrogens is 328 g/mol. The second kappa shape index (κ2) is 5.16. The fourth-order valence-electron chi connectivity index (χ4n) is 2.19. The van der Waals surface area contributed by atoms with Crippen LogP contribution in [0.15, 0.2) is 33.6 Å². The molecule has 1 saturated heterocycles. The molecule has 106 valence electrons. The minimum absolute atomic E-state index is 0.146. The lowest BCUT2D eigenvalue weighted by Crippen LogP contribution is -2.58. The van der Waals surface area contributed by atoms with Crippen molar-refractivity contribution in [1.29, 1.82) is 0 Å². The van der Waals surface area contributed by atoms with Crippen LogP contribution in [-0.4, -0.2) is 49.8 Å². The normalized spacial score (nSPS) is 21.5. The first-order valence-electron chi connectivity index (χ1n) is 6.21. The molecule has 0 N–H and O–H groups in total. The van der Waals surface area contributed by atoms with Gasteiger partial charge in [0.1, 0.15) is 0 Å². The van der Waals surface area contributed by atoms with Crippen LogP contribution >= 0.6 is 15.9 Å². The Morgan fingerprint density at radius 2 is 1.84 bits per heavy atom. The largest absolute Gasteiger partial charge is 0.299 e. The molecule has 0 unspecified atom stereocenters. The maximum absolute atomic E-state index is 12.7. The SMILES string of the molecule is CN1CCN(S(=O)(=O)c2ccccc2Br)CC1(C)C. The molecule has 0 amide bonds. The Labute approximate surface area is 123 Å². The Bertz CT molecular complexity index is 572. The number of halogens is 1. The highest BCUT2D eigenvalue weighted by Gasteiger charge is 2.37. The molecule has 19 heavy (non-hydrogen) atoms. The third kappa shape index (κ3) is 2.86. The Hall–Kier alpha value is -0.430. The summed E-state index contributed by atoms with van der Waals surface area (Å²) in [7, 11) is -1.40. The molecule has 1 aliphatic rings. The van der Waals surface area contributed by atoms with E-state index in [4.69, 9.17) is 0 Å². The van der Waals surface area contributed by atoms with E-state index >= 15 is 0 Å². The van der Waals surface area contributed by atoms with Crippen molar-refractivity contribution in [1.82, 2.24) is 9.21 Å². The van der Waals surface area contributed by atoms with E-state index in [0.29, 0.717) is 22.5 Å². The molecule has 1 aromatic carbocycles. The van der Waals surface area contributed by atoms with Crippen molar-refractivity contribution in [2.45, 2.75) is 24.3 Å². The molecule has 0 aromatic heterocycles. The molecule has 2 rings (SSSR count). The lowest BCUT2D eigenvalue weighted by molar-refractivity contribution is 0.0801. The average molecular weight is 347 g/mol. The molecule has 0 bridgehead atoms. The van der Waals surface area contributed by atoms with Crippen molar-refractivity contribution in [2.75, 3.05) is 26.7 Å². The number of benzene rings is 1. The summed E-state index contributed by atoms with van der Waals surface area (Å²) >= 11 is 3.32. The summed E-state index contributed by atoms with van der Waals surface area (Å²) in [5.41, 5.74) is -0.146. The van der Waals surface area contributed by atoms with Crippen molar-refractivity contribution in [3.63, 3.8) is 0 Å². The fourth-order valence-corrected chi connectivity index (χ4v) is 4.74. The van der Waals surface area contributed by atoms with Gasteiger partial charge in [0.2, 0.25) is 10.0 Å². The topological polar surface area (TPSA) is 40.6 Å². The molecule has 0 atom stereocenters. The summed E-state index contributed by atoms with van der Waals surface area (Å²) in [6.07, 6.45) is 0. The van der Waals surface area contributed by atoms with Crippen LogP contribution in [0.25, 0.3) is 0 Å². The average Bonchev–Trinajstić information content (AvgIpc) is 2.32. The van der Waals surface area contributed by atoms with Gasteiger partial charge in [-0.2, -0.15) is 4.31 Å². The maximum Gasteiger partial charge on any atom is 0.244 e. The molecule has 4 nitrogen and oxygen atoms in total. The maximum atomic E-state index is 12.7. The van der Waals surface area contributed by atoms with Gasteiger partial charge in [-0.05, 0) is 49.0 Å². The number of hydrogen-bond donors (Lipinski definition) is 0. The molecule has 0 aliphatic carbocycles. The van der Waals surface area contributed by atoms with Gasteiger partial charge >= 0.3 is 0 Å². The van der Waals surface area contributed by atoms with Crippen LogP contribution in [0.2, 0.25) is 0 Å². The molecule has 0 spiro atoms. The number of piperazine rings is 1. The zero-order valence-corrected chi connectivity index (χ0v) is 13.8. The van der Waals surface area contributed by atoms with Gasteiger partial charge in [-0.15, -0.1) is 0 Å². The quantitative estimate of drug-likeness (QED) is 0.823. The van der Waals surface area contributed by atoms with Gasteiger partial charge in [0.25, 0.3) is 0 Å². The highest BCUT2D eigenvalue weighted by atomic mass is 79.9. The number of nitrogens with zero attached hydrogens (tertiary/aromatic N) is 2. The molecule has 1 heterocycles. The van der Waals surface area contributed by atoms with E-state index in [2.05, 4.69) is 34.7 Å². The molecule has 1 aromatic rings. The van der Waals surface area contributed by atoms with Crippen LogP contribution in [-0.2, 0) is 10.0 Å². The molecule has 1 fully saturated rings. The Morgan fingerprint density at radius 3 is 2.42 bits per heavy atom. The van der Waals surface area contributed by atoms with Crippen LogP contribution in [0.3, 0.4) is 0 Å². The van der Waals surface area contributed by atoms with Gasteiger partial charge in [-0.3, -0.25) is 4.90 Å². The van der Waals surface area contributed by atoms with Crippen LogP contribution in [0.1, 0.15) is 13.8 Å². The van der Waals surface area contributed by atoms with Crippen molar-refractivity contribution in [3.05, 3.63) is 28.7 Å². The van der Waals surface area contributed by atoms with E-state index < -0.39 is 10.0 Å². The predicted octanol–water partition coefficient (Wildman–Crippen LogP) is 2.16. The van der Waals surface area contributed by atoms with Gasteiger partial charge in [-0.1, -0.05) is 12.1 Å². The molecule has 1 aliphatic heterocycles. The Balaban J connectivity index is 2.34. The predicted molar refractivity (Wildman–Crippen MR) is 79.6 cm³/mol. The van der Waals surface area contributed by atoms with Crippen molar-refractivity contribution < 1.29 is 8.42 Å². The highest BCUT2D eigenvalue weighted by Crippen LogP contribution is 2.28. The fraction of sp³-hybridized carbons (Fsp3) is 0.538. The van der Waals surface area contributed by atoms with E-state index in [1.807, 2.05) is 13.1 Å². The zero-order valence-electron chi connectivity index (χ0n) is 11.4. The molecular formula is C13H19BrN2O2S. The summed E-state index contributed by atoms with van der Waals surface area (Å²) in [6.45, 7) is 5.91. The van der Waals surface area contributed by atoms with E-state index in [0.717, 1.165) is 6.54 Å². The first-order valence-corrected chi connectivity index (χ1v) is 8.44. The molecule has 6 heteroatoms. The zero-order chi connectivity index (χ0) is 14.3. The second-order valence-corrected chi connectivity index (χ2v) is 8.26. The van der Waals surface area contributed by atoms with Gasteiger partial charge < -0.3 is 0 Å². The van der Waals surface area contributed by atoms with E-state index in [1.54, 1.807) is 22.5 Å². The van der Waals surface area contributed by atoms with Crippen molar-refractivity contribution in [3.8, 4) is 0 Å². The standard InChI is InChI=1S/C13H19BrN2O2S/c1-13(2)10-16(9-8-15(13)3)19(17,18)12-7-5-4-6-11(12)14/h4-7H,8-10H2,1-3H3. The monoisotopic (exact) mass is 346 g/mol. The highest BCUT2D eigenvalue weighted by molar-refractivity contribution is 9.10. The number of likely N-dealkylation sites (N-methyl/N-ethyl adjacent to an activating group) is 1. The lowest BCUT2D eigenvalue weighted by Gasteiger charge is -2.44. The van der Waals surface area contributed by atoms with Gasteiger partial charge in [0.15, 0.2) is 0 Å².